The fourth-order valence-corrected chi connectivity index (χ4v) is 4.95. The molecule has 0 fully saturated rings. The maximum atomic E-state index is 13.1. The fourth-order valence-electron chi connectivity index (χ4n) is 2.83. The number of halogens is 3. The first kappa shape index (κ1) is 25.2. The van der Waals surface area contributed by atoms with E-state index in [0.29, 0.717) is 22.3 Å². The number of benzene rings is 2. The zero-order chi connectivity index (χ0) is 21.0. The van der Waals surface area contributed by atoms with E-state index < -0.39 is 0 Å². The predicted molar refractivity (Wildman–Crippen MR) is 134 cm³/mol. The summed E-state index contributed by atoms with van der Waals surface area (Å²) in [6, 6.07) is 11.4. The van der Waals surface area contributed by atoms with Crippen molar-refractivity contribution in [3.8, 4) is 0 Å². The number of amides is 1. The first-order chi connectivity index (χ1) is 13.8. The molecule has 30 heavy (non-hydrogen) atoms. The van der Waals surface area contributed by atoms with E-state index in [4.69, 9.17) is 28.2 Å². The average molecular weight is 505 g/mol. The Hall–Kier alpha value is -1.02. The summed E-state index contributed by atoms with van der Waals surface area (Å²) in [6.07, 6.45) is 0.875. The Morgan fingerprint density at radius 2 is 1.80 bits per heavy atom. The number of nitrogens with zero attached hydrogens (tertiary/aromatic N) is 3. The highest BCUT2D eigenvalue weighted by Crippen LogP contribution is 2.34. The largest absolute Gasteiger partial charge is 0.309 e. The Morgan fingerprint density at radius 3 is 2.47 bits per heavy atom. The van der Waals surface area contributed by atoms with Crippen molar-refractivity contribution in [2.24, 2.45) is 0 Å². The van der Waals surface area contributed by atoms with Gasteiger partial charge < -0.3 is 4.90 Å². The number of thiazole rings is 1. The number of hydrogen-bond donors (Lipinski definition) is 0. The SMILES string of the molecule is Cc1c(Cl)ccc2sc(N(CCCN(C)C)C(=O)CSc3ccc(Cl)cc3)nc12.Cl. The number of thioether (sulfide) groups is 1. The Kier molecular flexibility index (Phi) is 9.72. The molecule has 0 radical (unpaired) electrons. The van der Waals surface area contributed by atoms with E-state index in [-0.39, 0.29) is 18.3 Å². The van der Waals surface area contributed by atoms with Crippen molar-refractivity contribution < 1.29 is 4.79 Å². The Bertz CT molecular complexity index is 993. The van der Waals surface area contributed by atoms with Gasteiger partial charge in [-0.2, -0.15) is 0 Å². The molecule has 3 rings (SSSR count). The smallest absolute Gasteiger partial charge is 0.239 e. The zero-order valence-corrected chi connectivity index (χ0v) is 21.0. The van der Waals surface area contributed by atoms with Crippen molar-refractivity contribution in [2.45, 2.75) is 18.2 Å². The molecule has 0 unspecified atom stereocenters. The van der Waals surface area contributed by atoms with Crippen LogP contribution < -0.4 is 4.90 Å². The van der Waals surface area contributed by atoms with E-state index >= 15 is 0 Å². The van der Waals surface area contributed by atoms with Gasteiger partial charge in [0, 0.05) is 21.5 Å². The number of anilines is 1. The highest BCUT2D eigenvalue weighted by Gasteiger charge is 2.21. The molecule has 0 aliphatic carbocycles. The van der Waals surface area contributed by atoms with Crippen LogP contribution in [0.15, 0.2) is 41.3 Å². The summed E-state index contributed by atoms with van der Waals surface area (Å²) in [4.78, 5) is 22.8. The number of rotatable bonds is 8. The van der Waals surface area contributed by atoms with Gasteiger partial charge in [-0.15, -0.1) is 24.2 Å². The van der Waals surface area contributed by atoms with E-state index in [1.807, 2.05) is 62.3 Å². The topological polar surface area (TPSA) is 36.4 Å². The van der Waals surface area contributed by atoms with E-state index in [1.54, 1.807) is 0 Å². The molecule has 1 amide bonds. The summed E-state index contributed by atoms with van der Waals surface area (Å²) in [5.41, 5.74) is 1.82. The molecule has 1 heterocycles. The maximum Gasteiger partial charge on any atom is 0.239 e. The molecule has 0 saturated carbocycles. The molecule has 0 atom stereocenters. The Morgan fingerprint density at radius 1 is 1.10 bits per heavy atom. The highest BCUT2D eigenvalue weighted by molar-refractivity contribution is 8.00. The lowest BCUT2D eigenvalue weighted by molar-refractivity contribution is -0.116. The number of carbonyl (C=O) groups excluding carboxylic acids is 1. The van der Waals surface area contributed by atoms with E-state index in [2.05, 4.69) is 4.90 Å². The summed E-state index contributed by atoms with van der Waals surface area (Å²) in [5.74, 6) is 0.394. The second kappa shape index (κ2) is 11.6. The van der Waals surface area contributed by atoms with Gasteiger partial charge in [-0.25, -0.2) is 4.98 Å². The molecule has 2 aromatic carbocycles. The fraction of sp³-hybridized carbons (Fsp3) is 0.333. The van der Waals surface area contributed by atoms with Crippen LogP contribution in [0.5, 0.6) is 0 Å². The minimum atomic E-state index is 0. The molecule has 3 aromatic rings. The van der Waals surface area contributed by atoms with Crippen LogP contribution in [0.4, 0.5) is 5.13 Å². The number of aryl methyl sites for hydroxylation is 1. The van der Waals surface area contributed by atoms with Crippen LogP contribution in [0, 0.1) is 6.92 Å². The standard InChI is InChI=1S/C21H23Cl2N3OS2.ClH/c1-14-17(23)9-10-18-20(14)24-21(29-18)26(12-4-11-25(2)3)19(27)13-28-16-7-5-15(22)6-8-16;/h5-10H,4,11-13H2,1-3H3;1H. The molecular formula is C21H24Cl3N3OS2. The van der Waals surface area contributed by atoms with Gasteiger partial charge in [0.05, 0.1) is 16.0 Å². The minimum Gasteiger partial charge on any atom is -0.309 e. The first-order valence-corrected chi connectivity index (χ1v) is 11.8. The molecule has 9 heteroatoms. The molecule has 4 nitrogen and oxygen atoms in total. The summed E-state index contributed by atoms with van der Waals surface area (Å²) in [6.45, 7) is 3.50. The zero-order valence-electron chi connectivity index (χ0n) is 17.0. The van der Waals surface area contributed by atoms with Gasteiger partial charge in [-0.1, -0.05) is 34.5 Å². The lowest BCUT2D eigenvalue weighted by Crippen LogP contribution is -2.34. The Balaban J connectivity index is 0.00000320. The molecule has 0 bridgehead atoms. The van der Waals surface area contributed by atoms with Crippen molar-refractivity contribution >= 4 is 80.0 Å². The number of carbonyl (C=O) groups is 1. The van der Waals surface area contributed by atoms with Crippen LogP contribution in [0.2, 0.25) is 10.0 Å². The van der Waals surface area contributed by atoms with Crippen molar-refractivity contribution in [1.82, 2.24) is 9.88 Å². The lowest BCUT2D eigenvalue weighted by atomic mass is 10.2. The van der Waals surface area contributed by atoms with Crippen molar-refractivity contribution in [2.75, 3.05) is 37.8 Å². The van der Waals surface area contributed by atoms with Crippen molar-refractivity contribution in [3.05, 3.63) is 52.0 Å². The molecule has 0 aliphatic rings. The summed E-state index contributed by atoms with van der Waals surface area (Å²) in [5, 5.41) is 2.11. The normalized spacial score (nSPS) is 11.0. The monoisotopic (exact) mass is 503 g/mol. The maximum absolute atomic E-state index is 13.1. The van der Waals surface area contributed by atoms with Gasteiger partial charge in [0.15, 0.2) is 5.13 Å². The highest BCUT2D eigenvalue weighted by atomic mass is 35.5. The van der Waals surface area contributed by atoms with Crippen LogP contribution in [0.25, 0.3) is 10.2 Å². The summed E-state index contributed by atoms with van der Waals surface area (Å²) in [7, 11) is 4.07. The number of aromatic nitrogens is 1. The van der Waals surface area contributed by atoms with Crippen LogP contribution in [0.1, 0.15) is 12.0 Å². The van der Waals surface area contributed by atoms with Gasteiger partial charge in [0.2, 0.25) is 5.91 Å². The lowest BCUT2D eigenvalue weighted by Gasteiger charge is -2.21. The third-order valence-corrected chi connectivity index (χ3v) is 7.13. The molecule has 0 saturated heterocycles. The van der Waals surface area contributed by atoms with Gasteiger partial charge in [0.25, 0.3) is 0 Å². The van der Waals surface area contributed by atoms with E-state index in [9.17, 15) is 4.79 Å². The summed E-state index contributed by atoms with van der Waals surface area (Å²) < 4.78 is 1.04. The van der Waals surface area contributed by atoms with Gasteiger partial charge in [-0.3, -0.25) is 9.69 Å². The quantitative estimate of drug-likeness (QED) is 0.332. The second-order valence-electron chi connectivity index (χ2n) is 6.96. The van der Waals surface area contributed by atoms with Crippen LogP contribution in [-0.4, -0.2) is 48.7 Å². The third kappa shape index (κ3) is 6.49. The molecule has 0 spiro atoms. The second-order valence-corrected chi connectivity index (χ2v) is 9.86. The molecule has 1 aromatic heterocycles. The van der Waals surface area contributed by atoms with Gasteiger partial charge in [0.1, 0.15) is 0 Å². The first-order valence-electron chi connectivity index (χ1n) is 9.24. The van der Waals surface area contributed by atoms with Crippen LogP contribution >= 0.6 is 58.7 Å². The minimum absolute atomic E-state index is 0. The predicted octanol–water partition coefficient (Wildman–Crippen LogP) is 6.41. The number of fused-ring (bicyclic) bond motifs is 1. The van der Waals surface area contributed by atoms with E-state index in [0.717, 1.165) is 38.8 Å². The number of hydrogen-bond acceptors (Lipinski definition) is 5. The molecule has 0 aliphatic heterocycles. The average Bonchev–Trinajstić information content (AvgIpc) is 3.12. The van der Waals surface area contributed by atoms with Crippen molar-refractivity contribution in [3.63, 3.8) is 0 Å². The van der Waals surface area contributed by atoms with Gasteiger partial charge in [-0.05, 0) is 75.9 Å². The van der Waals surface area contributed by atoms with Crippen molar-refractivity contribution in [1.29, 1.82) is 0 Å². The molecule has 0 N–H and O–H groups in total. The van der Waals surface area contributed by atoms with Crippen LogP contribution in [-0.2, 0) is 4.79 Å². The molecule has 162 valence electrons. The summed E-state index contributed by atoms with van der Waals surface area (Å²) >= 11 is 15.2. The Labute approximate surface area is 202 Å². The third-order valence-electron chi connectivity index (χ3n) is 4.43. The molecular weight excluding hydrogens is 481 g/mol. The van der Waals surface area contributed by atoms with E-state index in [1.165, 1.54) is 23.1 Å². The van der Waals surface area contributed by atoms with Gasteiger partial charge >= 0.3 is 0 Å². The van der Waals surface area contributed by atoms with Crippen LogP contribution in [0.3, 0.4) is 0 Å².